The molecule has 0 radical (unpaired) electrons. The third kappa shape index (κ3) is 2.33. The molecule has 7 atom stereocenters. The first-order valence-electron chi connectivity index (χ1n) is 9.91. The van der Waals surface area contributed by atoms with E-state index in [4.69, 9.17) is 11.2 Å². The molecule has 0 aromatic heterocycles. The average molecular weight is 356 g/mol. The summed E-state index contributed by atoms with van der Waals surface area (Å²) in [5, 5.41) is 10.8. The predicted molar refractivity (Wildman–Crippen MR) is 96.8 cm³/mol. The number of hydrogen-bond acceptors (Lipinski definition) is 4. The van der Waals surface area contributed by atoms with Crippen LogP contribution in [0.4, 0.5) is 0 Å². The summed E-state index contributed by atoms with van der Waals surface area (Å²) >= 11 is 0. The van der Waals surface area contributed by atoms with Gasteiger partial charge in [-0.1, -0.05) is 12.8 Å². The summed E-state index contributed by atoms with van der Waals surface area (Å²) in [5.41, 5.74) is -0.0924. The minimum absolute atomic E-state index is 0.150. The molecule has 4 aliphatic rings. The minimum Gasteiger partial charge on any atom is -0.445 e. The molecule has 1 N–H and O–H groups in total. The van der Waals surface area contributed by atoms with Crippen molar-refractivity contribution in [1.82, 2.24) is 0 Å². The van der Waals surface area contributed by atoms with Crippen molar-refractivity contribution < 1.29 is 19.4 Å². The summed E-state index contributed by atoms with van der Waals surface area (Å²) in [6, 6.07) is 0. The zero-order valence-electron chi connectivity index (χ0n) is 15.7. The van der Waals surface area contributed by atoms with E-state index in [0.717, 1.165) is 31.3 Å². The summed E-state index contributed by atoms with van der Waals surface area (Å²) in [6.07, 6.45) is 12.8. The molecule has 4 aliphatic carbocycles. The molecule has 3 saturated carbocycles. The highest BCUT2D eigenvalue weighted by atomic mass is 16.6. The summed E-state index contributed by atoms with van der Waals surface area (Å²) in [7, 11) is 0. The highest BCUT2D eigenvalue weighted by Gasteiger charge is 2.64. The van der Waals surface area contributed by atoms with Gasteiger partial charge < -0.3 is 9.84 Å². The van der Waals surface area contributed by atoms with Crippen LogP contribution in [0.1, 0.15) is 58.8 Å². The van der Waals surface area contributed by atoms with Gasteiger partial charge in [-0.2, -0.15) is 0 Å². The van der Waals surface area contributed by atoms with Crippen molar-refractivity contribution in [3.8, 4) is 12.3 Å². The Bertz CT molecular complexity index is 716. The van der Waals surface area contributed by atoms with E-state index in [1.54, 1.807) is 6.08 Å². The lowest BCUT2D eigenvalue weighted by Crippen LogP contribution is -2.55. The fourth-order valence-corrected chi connectivity index (χ4v) is 6.86. The Hall–Kier alpha value is -1.60. The van der Waals surface area contributed by atoms with Crippen molar-refractivity contribution in [3.05, 3.63) is 11.6 Å². The minimum atomic E-state index is -0.821. The SMILES string of the molecule is C#C[C@]1(OC(C)=O)CC[C@H]2[C@@H]3C[C@H](O)C4=CC(=O)CC[C@@H]4[C@H]3CC[C@@]21C. The zero-order chi connectivity index (χ0) is 18.7. The molecular formula is C22H28O4. The predicted octanol–water partition coefficient (Wildman–Crippen LogP) is 3.03. The summed E-state index contributed by atoms with van der Waals surface area (Å²) in [5.74, 6) is 4.25. The van der Waals surface area contributed by atoms with Crippen LogP contribution in [0.2, 0.25) is 0 Å². The normalized spacial score (nSPS) is 47.1. The monoisotopic (exact) mass is 356 g/mol. The number of aliphatic hydroxyl groups is 1. The summed E-state index contributed by atoms with van der Waals surface area (Å²) < 4.78 is 5.75. The Morgan fingerprint density at radius 3 is 2.77 bits per heavy atom. The van der Waals surface area contributed by atoms with E-state index >= 15 is 0 Å². The van der Waals surface area contributed by atoms with Crippen LogP contribution in [-0.4, -0.2) is 28.6 Å². The molecule has 3 fully saturated rings. The van der Waals surface area contributed by atoms with Gasteiger partial charge in [0, 0.05) is 18.8 Å². The van der Waals surface area contributed by atoms with Crippen LogP contribution in [0, 0.1) is 41.4 Å². The number of carbonyl (C=O) groups is 2. The van der Waals surface area contributed by atoms with Gasteiger partial charge in [0.05, 0.1) is 6.10 Å². The van der Waals surface area contributed by atoms with Crippen LogP contribution in [0.5, 0.6) is 0 Å². The molecule has 0 aromatic carbocycles. The molecule has 0 saturated heterocycles. The maximum atomic E-state index is 11.8. The van der Waals surface area contributed by atoms with E-state index in [1.165, 1.54) is 6.92 Å². The first-order chi connectivity index (χ1) is 12.3. The molecule has 0 unspecified atom stereocenters. The number of ketones is 1. The van der Waals surface area contributed by atoms with Gasteiger partial charge in [-0.05, 0) is 73.8 Å². The van der Waals surface area contributed by atoms with Crippen molar-refractivity contribution >= 4 is 11.8 Å². The highest BCUT2D eigenvalue weighted by Crippen LogP contribution is 2.65. The molecule has 4 heteroatoms. The Morgan fingerprint density at radius 1 is 1.31 bits per heavy atom. The van der Waals surface area contributed by atoms with E-state index in [-0.39, 0.29) is 17.2 Å². The first kappa shape index (κ1) is 17.8. The number of terminal acetylenes is 1. The molecule has 0 amide bonds. The first-order valence-corrected chi connectivity index (χ1v) is 9.91. The molecule has 0 aliphatic heterocycles. The number of aliphatic hydroxyl groups excluding tert-OH is 1. The zero-order valence-corrected chi connectivity index (χ0v) is 15.7. The topological polar surface area (TPSA) is 63.6 Å². The number of esters is 1. The number of fused-ring (bicyclic) bond motifs is 5. The van der Waals surface area contributed by atoms with Crippen molar-refractivity contribution in [2.75, 3.05) is 0 Å². The summed E-state index contributed by atoms with van der Waals surface area (Å²) in [6.45, 7) is 3.62. The smallest absolute Gasteiger partial charge is 0.304 e. The molecule has 0 aromatic rings. The van der Waals surface area contributed by atoms with Crippen LogP contribution in [0.15, 0.2) is 11.6 Å². The molecule has 140 valence electrons. The lowest BCUT2D eigenvalue weighted by Gasteiger charge is -2.56. The van der Waals surface area contributed by atoms with E-state index < -0.39 is 11.7 Å². The van der Waals surface area contributed by atoms with E-state index in [2.05, 4.69) is 12.8 Å². The summed E-state index contributed by atoms with van der Waals surface area (Å²) in [4.78, 5) is 23.6. The van der Waals surface area contributed by atoms with E-state index in [1.807, 2.05) is 0 Å². The van der Waals surface area contributed by atoms with Gasteiger partial charge in [0.2, 0.25) is 0 Å². The number of rotatable bonds is 1. The van der Waals surface area contributed by atoms with Gasteiger partial charge in [0.15, 0.2) is 11.4 Å². The van der Waals surface area contributed by atoms with Gasteiger partial charge in [0.1, 0.15) is 0 Å². The second-order valence-corrected chi connectivity index (χ2v) is 9.00. The largest absolute Gasteiger partial charge is 0.445 e. The highest BCUT2D eigenvalue weighted by molar-refractivity contribution is 5.91. The Labute approximate surface area is 155 Å². The Kier molecular flexibility index (Phi) is 4.08. The number of hydrogen-bond donors (Lipinski definition) is 1. The van der Waals surface area contributed by atoms with Crippen LogP contribution in [0.25, 0.3) is 0 Å². The van der Waals surface area contributed by atoms with Crippen LogP contribution in [-0.2, 0) is 14.3 Å². The Balaban J connectivity index is 1.68. The molecule has 0 bridgehead atoms. The van der Waals surface area contributed by atoms with Crippen LogP contribution >= 0.6 is 0 Å². The van der Waals surface area contributed by atoms with Crippen molar-refractivity contribution in [1.29, 1.82) is 0 Å². The van der Waals surface area contributed by atoms with Gasteiger partial charge in [-0.15, -0.1) is 6.42 Å². The second-order valence-electron chi connectivity index (χ2n) is 9.00. The molecule has 0 heterocycles. The van der Waals surface area contributed by atoms with Gasteiger partial charge in [0.25, 0.3) is 0 Å². The van der Waals surface area contributed by atoms with Gasteiger partial charge >= 0.3 is 5.97 Å². The van der Waals surface area contributed by atoms with Gasteiger partial charge in [-0.3, -0.25) is 9.59 Å². The molecular weight excluding hydrogens is 328 g/mol. The second kappa shape index (κ2) is 5.96. The van der Waals surface area contributed by atoms with Gasteiger partial charge in [-0.25, -0.2) is 0 Å². The third-order valence-electron chi connectivity index (χ3n) is 8.02. The molecule has 4 rings (SSSR count). The van der Waals surface area contributed by atoms with Crippen molar-refractivity contribution in [3.63, 3.8) is 0 Å². The van der Waals surface area contributed by atoms with Crippen LogP contribution in [0.3, 0.4) is 0 Å². The molecule has 4 nitrogen and oxygen atoms in total. The molecule has 26 heavy (non-hydrogen) atoms. The standard InChI is InChI=1S/C22H28O4/c1-4-22(26-13(2)23)10-8-19-17-12-20(25)18-11-14(24)5-6-15(18)16(17)7-9-21(19,22)3/h1,11,15-17,19-20,25H,5-10,12H2,2-3H3/t15-,16-,17-,19+,20+,21+,22+/m1/s1. The third-order valence-corrected chi connectivity index (χ3v) is 8.02. The average Bonchev–Trinajstić information content (AvgIpc) is 2.88. The quantitative estimate of drug-likeness (QED) is 0.579. The maximum absolute atomic E-state index is 11.8. The van der Waals surface area contributed by atoms with E-state index in [9.17, 15) is 14.7 Å². The number of ether oxygens (including phenoxy) is 1. The van der Waals surface area contributed by atoms with Crippen LogP contribution < -0.4 is 0 Å². The van der Waals surface area contributed by atoms with Crippen molar-refractivity contribution in [2.24, 2.45) is 29.1 Å². The van der Waals surface area contributed by atoms with E-state index in [0.29, 0.717) is 42.9 Å². The Morgan fingerprint density at radius 2 is 2.08 bits per heavy atom. The number of carbonyl (C=O) groups excluding carboxylic acids is 2. The fraction of sp³-hybridized carbons (Fsp3) is 0.727. The lowest BCUT2D eigenvalue weighted by molar-refractivity contribution is -0.168. The van der Waals surface area contributed by atoms with Crippen molar-refractivity contribution in [2.45, 2.75) is 70.5 Å². The fourth-order valence-electron chi connectivity index (χ4n) is 6.86. The lowest BCUT2D eigenvalue weighted by atomic mass is 9.50. The molecule has 0 spiro atoms. The maximum Gasteiger partial charge on any atom is 0.304 e.